The Labute approximate surface area is 185 Å². The lowest BCUT2D eigenvalue weighted by Crippen LogP contribution is -2.26. The van der Waals surface area contributed by atoms with E-state index in [0.29, 0.717) is 44.2 Å². The minimum atomic E-state index is -0.338. The van der Waals surface area contributed by atoms with Crippen LogP contribution in [0.2, 0.25) is 10.0 Å². The molecule has 154 valence electrons. The van der Waals surface area contributed by atoms with E-state index in [9.17, 15) is 4.79 Å². The van der Waals surface area contributed by atoms with E-state index in [-0.39, 0.29) is 24.5 Å². The van der Waals surface area contributed by atoms with Crippen LogP contribution in [0, 0.1) is 0 Å². The van der Waals surface area contributed by atoms with Gasteiger partial charge in [-0.1, -0.05) is 23.2 Å². The molecular formula is C21H21Cl3N2O3. The Bertz CT molecular complexity index is 1010. The van der Waals surface area contributed by atoms with E-state index in [1.54, 1.807) is 36.4 Å². The van der Waals surface area contributed by atoms with Crippen molar-refractivity contribution in [1.29, 1.82) is 0 Å². The first-order chi connectivity index (χ1) is 13.4. The van der Waals surface area contributed by atoms with Crippen molar-refractivity contribution >= 4 is 52.7 Å². The average molecular weight is 456 g/mol. The first kappa shape index (κ1) is 21.9. The van der Waals surface area contributed by atoms with Crippen molar-refractivity contribution in [2.24, 2.45) is 0 Å². The molecule has 0 unspecified atom stereocenters. The zero-order chi connectivity index (χ0) is 19.8. The summed E-state index contributed by atoms with van der Waals surface area (Å²) in [5.41, 5.74) is 2.29. The van der Waals surface area contributed by atoms with Gasteiger partial charge in [-0.05, 0) is 69.8 Å². The van der Waals surface area contributed by atoms with Crippen molar-refractivity contribution in [3.63, 3.8) is 0 Å². The number of hydrogen-bond acceptors (Lipinski definition) is 5. The number of rotatable bonds is 4. The van der Waals surface area contributed by atoms with Gasteiger partial charge >= 0.3 is 5.97 Å². The highest BCUT2D eigenvalue weighted by atomic mass is 35.5. The molecule has 0 N–H and O–H groups in total. The van der Waals surface area contributed by atoms with Gasteiger partial charge in [-0.2, -0.15) is 0 Å². The molecule has 29 heavy (non-hydrogen) atoms. The van der Waals surface area contributed by atoms with Gasteiger partial charge in [0.1, 0.15) is 11.6 Å². The third-order valence-electron chi connectivity index (χ3n) is 5.09. The summed E-state index contributed by atoms with van der Waals surface area (Å²) in [5, 5.41) is 1.00. The van der Waals surface area contributed by atoms with Gasteiger partial charge in [-0.3, -0.25) is 0 Å². The first-order valence-electron chi connectivity index (χ1n) is 9.13. The van der Waals surface area contributed by atoms with E-state index in [1.807, 2.05) is 0 Å². The van der Waals surface area contributed by atoms with Crippen LogP contribution in [0.5, 0.6) is 0 Å². The lowest BCUT2D eigenvalue weighted by molar-refractivity contribution is 0.0304. The van der Waals surface area contributed by atoms with Crippen LogP contribution >= 0.6 is 35.6 Å². The molecule has 1 saturated carbocycles. The van der Waals surface area contributed by atoms with Gasteiger partial charge in [0.05, 0.1) is 5.56 Å². The number of fused-ring (bicyclic) bond motifs is 1. The Morgan fingerprint density at radius 1 is 1.14 bits per heavy atom. The summed E-state index contributed by atoms with van der Waals surface area (Å²) in [5.74, 6) is 0.0598. The quantitative estimate of drug-likeness (QED) is 0.461. The summed E-state index contributed by atoms with van der Waals surface area (Å²) >= 11 is 12.1. The van der Waals surface area contributed by atoms with Crippen LogP contribution in [-0.4, -0.2) is 42.1 Å². The van der Waals surface area contributed by atoms with Crippen molar-refractivity contribution in [1.82, 2.24) is 9.88 Å². The van der Waals surface area contributed by atoms with E-state index >= 15 is 0 Å². The standard InChI is InChI=1S/C21H20Cl2N2O3.ClH/c1-25(2)16-4-5-17(11-16)27-21(26)12-3-6-18-19(9-12)28-20(24-18)13-7-14(22)10-15(23)8-13;/h3,6-10,16-17H,4-5,11H2,1-2H3;1H/t16-,17-;/m0./s1. The van der Waals surface area contributed by atoms with Gasteiger partial charge in [-0.15, -0.1) is 12.4 Å². The average Bonchev–Trinajstić information content (AvgIpc) is 3.26. The monoisotopic (exact) mass is 454 g/mol. The summed E-state index contributed by atoms with van der Waals surface area (Å²) in [4.78, 5) is 19.2. The maximum atomic E-state index is 12.6. The highest BCUT2D eigenvalue weighted by Crippen LogP contribution is 2.30. The molecule has 2 atom stereocenters. The Hall–Kier alpha value is -1.79. The SMILES string of the molecule is CN(C)[C@H]1CC[C@H](OC(=O)c2ccc3nc(-c4cc(Cl)cc(Cl)c4)oc3c2)C1.Cl. The Morgan fingerprint density at radius 3 is 2.52 bits per heavy atom. The third kappa shape index (κ3) is 4.86. The molecule has 0 saturated heterocycles. The Balaban J connectivity index is 0.00000240. The number of hydrogen-bond donors (Lipinski definition) is 0. The fourth-order valence-electron chi connectivity index (χ4n) is 3.57. The van der Waals surface area contributed by atoms with Gasteiger partial charge in [0.15, 0.2) is 5.58 Å². The van der Waals surface area contributed by atoms with Crippen LogP contribution in [0.4, 0.5) is 0 Å². The number of esters is 1. The number of halogens is 3. The lowest BCUT2D eigenvalue weighted by atomic mass is 10.2. The number of ether oxygens (including phenoxy) is 1. The molecule has 5 nitrogen and oxygen atoms in total. The number of oxazole rings is 1. The van der Waals surface area contributed by atoms with Gasteiger partial charge < -0.3 is 14.1 Å². The summed E-state index contributed by atoms with van der Waals surface area (Å²) in [6, 6.07) is 10.7. The van der Waals surface area contributed by atoms with Gasteiger partial charge in [0.2, 0.25) is 5.89 Å². The zero-order valence-electron chi connectivity index (χ0n) is 16.0. The molecule has 1 aliphatic rings. The molecule has 0 amide bonds. The van der Waals surface area contributed by atoms with Crippen LogP contribution in [-0.2, 0) is 4.74 Å². The smallest absolute Gasteiger partial charge is 0.338 e. The summed E-state index contributed by atoms with van der Waals surface area (Å²) in [6.45, 7) is 0. The van der Waals surface area contributed by atoms with Crippen molar-refractivity contribution in [3.8, 4) is 11.5 Å². The highest BCUT2D eigenvalue weighted by molar-refractivity contribution is 6.35. The van der Waals surface area contributed by atoms with Crippen LogP contribution in [0.1, 0.15) is 29.6 Å². The molecule has 1 aliphatic carbocycles. The minimum absolute atomic E-state index is 0. The van der Waals surface area contributed by atoms with E-state index in [4.69, 9.17) is 32.4 Å². The second-order valence-electron chi connectivity index (χ2n) is 7.32. The number of aromatic nitrogens is 1. The summed E-state index contributed by atoms with van der Waals surface area (Å²) < 4.78 is 11.5. The fraction of sp³-hybridized carbons (Fsp3) is 0.333. The van der Waals surface area contributed by atoms with Crippen molar-refractivity contribution in [2.45, 2.75) is 31.4 Å². The molecule has 1 aromatic heterocycles. The molecule has 3 aromatic rings. The summed E-state index contributed by atoms with van der Waals surface area (Å²) in [6.07, 6.45) is 2.74. The van der Waals surface area contributed by atoms with Gasteiger partial charge in [0, 0.05) is 21.7 Å². The van der Waals surface area contributed by atoms with Gasteiger partial charge in [-0.25, -0.2) is 9.78 Å². The van der Waals surface area contributed by atoms with Gasteiger partial charge in [0.25, 0.3) is 0 Å². The Morgan fingerprint density at radius 2 is 1.86 bits per heavy atom. The topological polar surface area (TPSA) is 55.6 Å². The van der Waals surface area contributed by atoms with Crippen LogP contribution in [0.15, 0.2) is 40.8 Å². The molecule has 4 rings (SSSR count). The summed E-state index contributed by atoms with van der Waals surface area (Å²) in [7, 11) is 4.11. The molecule has 0 bridgehead atoms. The van der Waals surface area contributed by atoms with Crippen molar-refractivity contribution in [3.05, 3.63) is 52.0 Å². The maximum Gasteiger partial charge on any atom is 0.338 e. The third-order valence-corrected chi connectivity index (χ3v) is 5.53. The largest absolute Gasteiger partial charge is 0.459 e. The number of carbonyl (C=O) groups is 1. The van der Waals surface area contributed by atoms with E-state index in [0.717, 1.165) is 19.3 Å². The highest BCUT2D eigenvalue weighted by Gasteiger charge is 2.29. The first-order valence-corrected chi connectivity index (χ1v) is 9.89. The predicted octanol–water partition coefficient (Wildman–Crippen LogP) is 5.86. The minimum Gasteiger partial charge on any atom is -0.459 e. The molecular weight excluding hydrogens is 435 g/mol. The van der Waals surface area contributed by atoms with E-state index < -0.39 is 0 Å². The Kier molecular flexibility index (Phi) is 6.74. The lowest BCUT2D eigenvalue weighted by Gasteiger charge is -2.18. The van der Waals surface area contributed by atoms with E-state index in [2.05, 4.69) is 24.0 Å². The number of carbonyl (C=O) groups excluding carboxylic acids is 1. The van der Waals surface area contributed by atoms with Crippen LogP contribution in [0.3, 0.4) is 0 Å². The second kappa shape index (κ2) is 8.92. The zero-order valence-corrected chi connectivity index (χ0v) is 18.4. The molecule has 1 fully saturated rings. The normalized spacial score (nSPS) is 18.8. The molecule has 8 heteroatoms. The number of nitrogens with zero attached hydrogens (tertiary/aromatic N) is 2. The predicted molar refractivity (Wildman–Crippen MR) is 117 cm³/mol. The fourth-order valence-corrected chi connectivity index (χ4v) is 4.09. The maximum absolute atomic E-state index is 12.6. The molecule has 2 aromatic carbocycles. The molecule has 1 heterocycles. The van der Waals surface area contributed by atoms with Crippen molar-refractivity contribution < 1.29 is 13.9 Å². The second-order valence-corrected chi connectivity index (χ2v) is 8.19. The van der Waals surface area contributed by atoms with Crippen LogP contribution in [0.25, 0.3) is 22.6 Å². The van der Waals surface area contributed by atoms with Crippen molar-refractivity contribution in [2.75, 3.05) is 14.1 Å². The van der Waals surface area contributed by atoms with Crippen LogP contribution < -0.4 is 0 Å². The number of benzene rings is 2. The molecule has 0 aliphatic heterocycles. The van der Waals surface area contributed by atoms with E-state index in [1.165, 1.54) is 0 Å². The molecule has 0 radical (unpaired) electrons. The molecule has 0 spiro atoms.